The topological polar surface area (TPSA) is 118 Å². The minimum atomic E-state index is -3.84. The lowest BCUT2D eigenvalue weighted by molar-refractivity contribution is -0.141. The van der Waals surface area contributed by atoms with Crippen LogP contribution in [0.5, 0.6) is 0 Å². The third-order valence-corrected chi connectivity index (χ3v) is 4.60. The summed E-state index contributed by atoms with van der Waals surface area (Å²) < 4.78 is 22.7. The largest absolute Gasteiger partial charge is 0.480 e. The number of rotatable bonds is 3. The number of nitrogens with zero attached hydrogens (tertiary/aromatic N) is 1. The van der Waals surface area contributed by atoms with Gasteiger partial charge in [0.25, 0.3) is 5.91 Å². The van der Waals surface area contributed by atoms with Gasteiger partial charge in [-0.2, -0.15) is 0 Å². The zero-order valence-electron chi connectivity index (χ0n) is 11.4. The summed E-state index contributed by atoms with van der Waals surface area (Å²) in [6.45, 7) is 1.92. The van der Waals surface area contributed by atoms with E-state index in [0.717, 1.165) is 0 Å². The second-order valence-electron chi connectivity index (χ2n) is 5.02. The Hall–Kier alpha value is -1.93. The van der Waals surface area contributed by atoms with Gasteiger partial charge in [0, 0.05) is 12.1 Å². The molecule has 0 aromatic heterocycles. The van der Waals surface area contributed by atoms with Gasteiger partial charge in [0.1, 0.15) is 6.04 Å². The molecule has 0 bridgehead atoms. The molecule has 1 aromatic carbocycles. The summed E-state index contributed by atoms with van der Waals surface area (Å²) in [5.41, 5.74) is 0.613. The fourth-order valence-electron chi connectivity index (χ4n) is 2.53. The van der Waals surface area contributed by atoms with Crippen LogP contribution in [0, 0.1) is 6.92 Å². The normalized spacial score (nSPS) is 18.8. The van der Waals surface area contributed by atoms with Gasteiger partial charge in [-0.15, -0.1) is 0 Å². The van der Waals surface area contributed by atoms with Crippen molar-refractivity contribution in [2.24, 2.45) is 5.14 Å². The van der Waals surface area contributed by atoms with Crippen LogP contribution in [0.15, 0.2) is 23.1 Å². The van der Waals surface area contributed by atoms with Gasteiger partial charge in [-0.05, 0) is 43.5 Å². The lowest BCUT2D eigenvalue weighted by atomic mass is 10.1. The molecule has 1 saturated heterocycles. The van der Waals surface area contributed by atoms with E-state index in [9.17, 15) is 18.0 Å². The van der Waals surface area contributed by atoms with Gasteiger partial charge in [0.15, 0.2) is 0 Å². The Morgan fingerprint density at radius 2 is 2.05 bits per heavy atom. The molecule has 8 heteroatoms. The molecular formula is C13H16N2O5S. The molecule has 1 aliphatic rings. The zero-order chi connectivity index (χ0) is 15.8. The highest BCUT2D eigenvalue weighted by Gasteiger charge is 2.34. The van der Waals surface area contributed by atoms with E-state index in [4.69, 9.17) is 10.2 Å². The third kappa shape index (κ3) is 3.06. The first-order chi connectivity index (χ1) is 9.71. The molecule has 0 spiro atoms. The van der Waals surface area contributed by atoms with Crippen molar-refractivity contribution >= 4 is 21.9 Å². The van der Waals surface area contributed by atoms with Crippen LogP contribution in [0.4, 0.5) is 0 Å². The van der Waals surface area contributed by atoms with Crippen LogP contribution in [0.25, 0.3) is 0 Å². The van der Waals surface area contributed by atoms with Crippen molar-refractivity contribution in [2.75, 3.05) is 6.54 Å². The van der Waals surface area contributed by atoms with E-state index in [0.29, 0.717) is 24.9 Å². The van der Waals surface area contributed by atoms with E-state index in [1.54, 1.807) is 0 Å². The van der Waals surface area contributed by atoms with Crippen molar-refractivity contribution < 1.29 is 23.1 Å². The number of likely N-dealkylation sites (tertiary alicyclic amines) is 1. The summed E-state index contributed by atoms with van der Waals surface area (Å²) in [4.78, 5) is 24.7. The smallest absolute Gasteiger partial charge is 0.326 e. The number of amides is 1. The number of sulfonamides is 1. The Morgan fingerprint density at radius 3 is 2.57 bits per heavy atom. The minimum Gasteiger partial charge on any atom is -0.480 e. The maximum absolute atomic E-state index is 12.4. The van der Waals surface area contributed by atoms with Crippen molar-refractivity contribution in [1.29, 1.82) is 0 Å². The molecular weight excluding hydrogens is 296 g/mol. The number of hydrogen-bond donors (Lipinski definition) is 2. The molecule has 114 valence electrons. The Balaban J connectivity index is 2.33. The summed E-state index contributed by atoms with van der Waals surface area (Å²) in [5.74, 6) is -1.44. The van der Waals surface area contributed by atoms with Crippen LogP contribution in [0.3, 0.4) is 0 Å². The SMILES string of the molecule is Cc1cc(C(=O)N2CCC[C@@H]2C(=O)O)ccc1S(N)(=O)=O. The summed E-state index contributed by atoms with van der Waals surface area (Å²) in [6, 6.07) is 3.21. The van der Waals surface area contributed by atoms with Crippen LogP contribution in [0.1, 0.15) is 28.8 Å². The van der Waals surface area contributed by atoms with E-state index in [2.05, 4.69) is 0 Å². The molecule has 1 aliphatic heterocycles. The number of aliphatic carboxylic acids is 1. The number of carbonyl (C=O) groups excluding carboxylic acids is 1. The first kappa shape index (κ1) is 15.5. The van der Waals surface area contributed by atoms with Crippen molar-refractivity contribution in [1.82, 2.24) is 4.90 Å². The minimum absolute atomic E-state index is 0.0461. The van der Waals surface area contributed by atoms with Crippen molar-refractivity contribution in [3.8, 4) is 0 Å². The molecule has 0 saturated carbocycles. The standard InChI is InChI=1S/C13H16N2O5S/c1-8-7-9(4-5-11(8)21(14,19)20)12(16)15-6-2-3-10(15)13(17)18/h4-5,7,10H,2-3,6H2,1H3,(H,17,18)(H2,14,19,20)/t10-/m1/s1. The highest BCUT2D eigenvalue weighted by molar-refractivity contribution is 7.89. The second-order valence-corrected chi connectivity index (χ2v) is 6.55. The average molecular weight is 312 g/mol. The van der Waals surface area contributed by atoms with Crippen LogP contribution >= 0.6 is 0 Å². The molecule has 2 rings (SSSR count). The third-order valence-electron chi connectivity index (χ3n) is 3.53. The number of carboxylic acids is 1. The zero-order valence-corrected chi connectivity index (χ0v) is 12.3. The van der Waals surface area contributed by atoms with Gasteiger partial charge in [0.2, 0.25) is 10.0 Å². The Kier molecular flexibility index (Phi) is 4.02. The van der Waals surface area contributed by atoms with Crippen molar-refractivity contribution in [2.45, 2.75) is 30.7 Å². The monoisotopic (exact) mass is 312 g/mol. The van der Waals surface area contributed by atoms with Gasteiger partial charge >= 0.3 is 5.97 Å². The van der Waals surface area contributed by atoms with Gasteiger partial charge < -0.3 is 10.0 Å². The van der Waals surface area contributed by atoms with E-state index < -0.39 is 27.9 Å². The number of carboxylic acid groups (broad SMARTS) is 1. The Labute approximate surface area is 122 Å². The lowest BCUT2D eigenvalue weighted by Gasteiger charge is -2.21. The van der Waals surface area contributed by atoms with Gasteiger partial charge in [0.05, 0.1) is 4.90 Å². The highest BCUT2D eigenvalue weighted by atomic mass is 32.2. The molecule has 1 amide bonds. The fourth-order valence-corrected chi connectivity index (χ4v) is 3.30. The van der Waals surface area contributed by atoms with E-state index in [1.807, 2.05) is 0 Å². The van der Waals surface area contributed by atoms with Gasteiger partial charge in [-0.25, -0.2) is 18.4 Å². The number of hydrogen-bond acceptors (Lipinski definition) is 4. The average Bonchev–Trinajstić information content (AvgIpc) is 2.85. The maximum atomic E-state index is 12.4. The predicted octanol–water partition coefficient (Wildman–Crippen LogP) is 0.332. The number of benzene rings is 1. The van der Waals surface area contributed by atoms with Gasteiger partial charge in [-0.1, -0.05) is 0 Å². The van der Waals surface area contributed by atoms with Crippen LogP contribution in [-0.2, 0) is 14.8 Å². The Morgan fingerprint density at radius 1 is 1.38 bits per heavy atom. The van der Waals surface area contributed by atoms with Crippen LogP contribution in [-0.4, -0.2) is 42.9 Å². The molecule has 3 N–H and O–H groups in total. The molecule has 0 radical (unpaired) electrons. The fraction of sp³-hybridized carbons (Fsp3) is 0.385. The maximum Gasteiger partial charge on any atom is 0.326 e. The number of primary sulfonamides is 1. The number of carbonyl (C=O) groups is 2. The van der Waals surface area contributed by atoms with Crippen molar-refractivity contribution in [3.63, 3.8) is 0 Å². The summed E-state index contributed by atoms with van der Waals surface area (Å²) in [7, 11) is -3.84. The summed E-state index contributed by atoms with van der Waals surface area (Å²) in [6.07, 6.45) is 1.06. The molecule has 21 heavy (non-hydrogen) atoms. The molecule has 7 nitrogen and oxygen atoms in total. The first-order valence-corrected chi connectivity index (χ1v) is 7.93. The van der Waals surface area contributed by atoms with E-state index in [-0.39, 0.29) is 10.5 Å². The molecule has 1 aromatic rings. The van der Waals surface area contributed by atoms with Gasteiger partial charge in [-0.3, -0.25) is 4.79 Å². The van der Waals surface area contributed by atoms with Crippen LogP contribution < -0.4 is 5.14 Å². The molecule has 1 heterocycles. The second kappa shape index (κ2) is 5.45. The van der Waals surface area contributed by atoms with E-state index >= 15 is 0 Å². The molecule has 0 aliphatic carbocycles. The molecule has 1 fully saturated rings. The predicted molar refractivity (Wildman–Crippen MR) is 74.2 cm³/mol. The Bertz CT molecular complexity index is 699. The van der Waals surface area contributed by atoms with Crippen molar-refractivity contribution in [3.05, 3.63) is 29.3 Å². The first-order valence-electron chi connectivity index (χ1n) is 6.39. The van der Waals surface area contributed by atoms with Crippen LogP contribution in [0.2, 0.25) is 0 Å². The summed E-state index contributed by atoms with van der Waals surface area (Å²) >= 11 is 0. The van der Waals surface area contributed by atoms with E-state index in [1.165, 1.54) is 30.0 Å². The summed E-state index contributed by atoms with van der Waals surface area (Å²) in [5, 5.41) is 14.2. The lowest BCUT2D eigenvalue weighted by Crippen LogP contribution is -2.40. The number of nitrogens with two attached hydrogens (primary N) is 1. The number of aryl methyl sites for hydroxylation is 1. The highest BCUT2D eigenvalue weighted by Crippen LogP contribution is 2.22. The molecule has 0 unspecified atom stereocenters. The quantitative estimate of drug-likeness (QED) is 0.834. The molecule has 1 atom stereocenters.